The van der Waals surface area contributed by atoms with Gasteiger partial charge in [0.2, 0.25) is 0 Å². The third-order valence-corrected chi connectivity index (χ3v) is 3.45. The summed E-state index contributed by atoms with van der Waals surface area (Å²) in [5.74, 6) is -0.328. The summed E-state index contributed by atoms with van der Waals surface area (Å²) < 4.78 is 21.9. The van der Waals surface area contributed by atoms with E-state index in [2.05, 4.69) is 0 Å². The van der Waals surface area contributed by atoms with Gasteiger partial charge in [-0.15, -0.1) is 0 Å². The monoisotopic (exact) mass is 268 g/mol. The van der Waals surface area contributed by atoms with E-state index in [0.29, 0.717) is 15.6 Å². The number of rotatable bonds is 3. The van der Waals surface area contributed by atoms with Crippen LogP contribution in [0.3, 0.4) is 0 Å². The first-order valence-corrected chi connectivity index (χ1v) is 6.92. The summed E-state index contributed by atoms with van der Waals surface area (Å²) >= 11 is 11.4. The molecule has 1 rings (SSSR count). The maximum atomic E-state index is 10.9. The van der Waals surface area contributed by atoms with E-state index in [1.54, 1.807) is 6.07 Å². The van der Waals surface area contributed by atoms with Crippen LogP contribution in [0.1, 0.15) is 11.7 Å². The lowest BCUT2D eigenvalue weighted by atomic mass is 10.1. The topological polar surface area (TPSA) is 54.4 Å². The molecule has 0 heterocycles. The zero-order valence-electron chi connectivity index (χ0n) is 7.94. The quantitative estimate of drug-likeness (QED) is 0.913. The van der Waals surface area contributed by atoms with Gasteiger partial charge in [0.25, 0.3) is 0 Å². The van der Waals surface area contributed by atoms with E-state index in [1.807, 2.05) is 0 Å². The van der Waals surface area contributed by atoms with Crippen LogP contribution in [0.4, 0.5) is 0 Å². The fraction of sp³-hybridized carbons (Fsp3) is 0.333. The fourth-order valence-corrected chi connectivity index (χ4v) is 2.18. The van der Waals surface area contributed by atoms with E-state index in [0.717, 1.165) is 6.26 Å². The molecule has 0 aliphatic carbocycles. The molecule has 1 N–H and O–H groups in total. The molecule has 84 valence electrons. The van der Waals surface area contributed by atoms with Gasteiger partial charge in [0.05, 0.1) is 21.9 Å². The van der Waals surface area contributed by atoms with E-state index in [9.17, 15) is 13.5 Å². The minimum atomic E-state index is -3.22. The van der Waals surface area contributed by atoms with Crippen molar-refractivity contribution in [3.63, 3.8) is 0 Å². The molecular formula is C9H10Cl2O3S. The van der Waals surface area contributed by atoms with Crippen molar-refractivity contribution < 1.29 is 13.5 Å². The molecule has 0 aliphatic rings. The third-order valence-electron chi connectivity index (χ3n) is 1.79. The molecule has 0 fully saturated rings. The van der Waals surface area contributed by atoms with Crippen LogP contribution in [-0.2, 0) is 9.84 Å². The van der Waals surface area contributed by atoms with Gasteiger partial charge in [0.1, 0.15) is 9.84 Å². The van der Waals surface area contributed by atoms with E-state index in [1.165, 1.54) is 12.1 Å². The first-order chi connectivity index (χ1) is 6.79. The molecule has 0 spiro atoms. The Kier molecular flexibility index (Phi) is 4.00. The Bertz CT molecular complexity index is 456. The Balaban J connectivity index is 2.92. The summed E-state index contributed by atoms with van der Waals surface area (Å²) in [6.07, 6.45) is -0.0111. The maximum absolute atomic E-state index is 10.9. The average molecular weight is 269 g/mol. The van der Waals surface area contributed by atoms with Crippen molar-refractivity contribution in [3.05, 3.63) is 33.8 Å². The van der Waals surface area contributed by atoms with Gasteiger partial charge in [-0.3, -0.25) is 0 Å². The van der Waals surface area contributed by atoms with Gasteiger partial charge in [0, 0.05) is 6.26 Å². The van der Waals surface area contributed by atoms with Gasteiger partial charge in [-0.25, -0.2) is 8.42 Å². The molecule has 1 unspecified atom stereocenters. The minimum Gasteiger partial charge on any atom is -0.387 e. The molecular weight excluding hydrogens is 259 g/mol. The number of aliphatic hydroxyl groups excluding tert-OH is 1. The van der Waals surface area contributed by atoms with Gasteiger partial charge in [-0.1, -0.05) is 29.3 Å². The lowest BCUT2D eigenvalue weighted by Gasteiger charge is -2.10. The first-order valence-electron chi connectivity index (χ1n) is 4.10. The Morgan fingerprint density at radius 3 is 2.40 bits per heavy atom. The number of halogens is 2. The molecule has 0 saturated carbocycles. The summed E-state index contributed by atoms with van der Waals surface area (Å²) in [5, 5.41) is 10.3. The third kappa shape index (κ3) is 3.99. The highest BCUT2D eigenvalue weighted by molar-refractivity contribution is 7.90. The zero-order chi connectivity index (χ0) is 11.6. The van der Waals surface area contributed by atoms with Crippen molar-refractivity contribution in [1.82, 2.24) is 0 Å². The molecule has 0 bridgehead atoms. The summed E-state index contributed by atoms with van der Waals surface area (Å²) in [7, 11) is -3.22. The van der Waals surface area contributed by atoms with E-state index >= 15 is 0 Å². The smallest absolute Gasteiger partial charge is 0.150 e. The lowest BCUT2D eigenvalue weighted by Crippen LogP contribution is -2.12. The number of aliphatic hydroxyl groups is 1. The van der Waals surface area contributed by atoms with Crippen LogP contribution in [0, 0.1) is 0 Å². The van der Waals surface area contributed by atoms with Crippen molar-refractivity contribution in [3.8, 4) is 0 Å². The van der Waals surface area contributed by atoms with Gasteiger partial charge in [-0.05, 0) is 17.7 Å². The largest absolute Gasteiger partial charge is 0.387 e. The van der Waals surface area contributed by atoms with E-state index in [4.69, 9.17) is 23.2 Å². The van der Waals surface area contributed by atoms with Crippen LogP contribution in [0.25, 0.3) is 0 Å². The molecule has 0 aromatic heterocycles. The van der Waals surface area contributed by atoms with Crippen LogP contribution < -0.4 is 0 Å². The zero-order valence-corrected chi connectivity index (χ0v) is 10.3. The predicted octanol–water partition coefficient (Wildman–Crippen LogP) is 2.07. The number of hydrogen-bond acceptors (Lipinski definition) is 3. The van der Waals surface area contributed by atoms with Crippen LogP contribution in [0.2, 0.25) is 10.0 Å². The van der Waals surface area contributed by atoms with Crippen LogP contribution in [-0.4, -0.2) is 25.5 Å². The lowest BCUT2D eigenvalue weighted by molar-refractivity contribution is 0.202. The molecule has 0 amide bonds. The standard InChI is InChI=1S/C9H10Cl2O3S/c1-15(13,14)5-9(12)6-2-3-7(10)8(11)4-6/h2-4,9,12H,5H2,1H3. The second-order valence-electron chi connectivity index (χ2n) is 3.28. The van der Waals surface area contributed by atoms with E-state index in [-0.39, 0.29) is 5.75 Å². The minimum absolute atomic E-state index is 0.293. The Morgan fingerprint density at radius 2 is 1.93 bits per heavy atom. The Hall–Kier alpha value is -0.290. The molecule has 1 atom stereocenters. The first kappa shape index (κ1) is 12.8. The summed E-state index contributed by atoms with van der Waals surface area (Å²) in [4.78, 5) is 0. The van der Waals surface area contributed by atoms with Crippen molar-refractivity contribution >= 4 is 33.0 Å². The van der Waals surface area contributed by atoms with Gasteiger partial charge >= 0.3 is 0 Å². The van der Waals surface area contributed by atoms with Gasteiger partial charge < -0.3 is 5.11 Å². The summed E-state index contributed by atoms with van der Waals surface area (Å²) in [6.45, 7) is 0. The molecule has 1 aromatic carbocycles. The maximum Gasteiger partial charge on any atom is 0.150 e. The van der Waals surface area contributed by atoms with E-state index < -0.39 is 15.9 Å². The van der Waals surface area contributed by atoms with Crippen molar-refractivity contribution in [2.24, 2.45) is 0 Å². The fourth-order valence-electron chi connectivity index (χ4n) is 1.10. The molecule has 0 saturated heterocycles. The highest BCUT2D eigenvalue weighted by Crippen LogP contribution is 2.26. The Morgan fingerprint density at radius 1 is 1.33 bits per heavy atom. The number of sulfone groups is 1. The van der Waals surface area contributed by atoms with Crippen LogP contribution in [0.15, 0.2) is 18.2 Å². The molecule has 0 radical (unpaired) electrons. The summed E-state index contributed by atoms with van der Waals surface area (Å²) in [6, 6.07) is 4.52. The number of benzene rings is 1. The molecule has 1 aromatic rings. The SMILES string of the molecule is CS(=O)(=O)CC(O)c1ccc(Cl)c(Cl)c1. The summed E-state index contributed by atoms with van der Waals surface area (Å²) in [5.41, 5.74) is 0.440. The predicted molar refractivity (Wildman–Crippen MR) is 61.1 cm³/mol. The second-order valence-corrected chi connectivity index (χ2v) is 6.28. The molecule has 3 nitrogen and oxygen atoms in total. The highest BCUT2D eigenvalue weighted by atomic mass is 35.5. The second kappa shape index (κ2) is 4.70. The molecule has 0 aliphatic heterocycles. The van der Waals surface area contributed by atoms with Crippen molar-refractivity contribution in [2.45, 2.75) is 6.10 Å². The Labute approximate surface area is 98.6 Å². The van der Waals surface area contributed by atoms with Gasteiger partial charge in [0.15, 0.2) is 0 Å². The average Bonchev–Trinajstić information content (AvgIpc) is 2.06. The number of hydrogen-bond donors (Lipinski definition) is 1. The molecule has 6 heteroatoms. The van der Waals surface area contributed by atoms with Gasteiger partial charge in [-0.2, -0.15) is 0 Å². The van der Waals surface area contributed by atoms with Crippen LogP contribution in [0.5, 0.6) is 0 Å². The highest BCUT2D eigenvalue weighted by Gasteiger charge is 2.15. The van der Waals surface area contributed by atoms with Crippen LogP contribution >= 0.6 is 23.2 Å². The normalized spacial score (nSPS) is 13.9. The van der Waals surface area contributed by atoms with Crippen molar-refractivity contribution in [1.29, 1.82) is 0 Å². The van der Waals surface area contributed by atoms with Crippen molar-refractivity contribution in [2.75, 3.05) is 12.0 Å². The molecule has 15 heavy (non-hydrogen) atoms.